The van der Waals surface area contributed by atoms with Gasteiger partial charge in [-0.15, -0.1) is 23.5 Å². The molecule has 0 aliphatic rings. The second kappa shape index (κ2) is 12.7. The van der Waals surface area contributed by atoms with Crippen LogP contribution in [0.4, 0.5) is 0 Å². The maximum absolute atomic E-state index is 5.41. The van der Waals surface area contributed by atoms with Crippen molar-refractivity contribution in [2.24, 2.45) is 0 Å². The smallest absolute Gasteiger partial charge is 0.104 e. The Bertz CT molecular complexity index is 349. The van der Waals surface area contributed by atoms with Gasteiger partial charge < -0.3 is 0 Å². The average Bonchev–Trinajstić information content (AvgIpc) is 2.48. The Morgan fingerprint density at radius 1 is 0.900 bits per heavy atom. The summed E-state index contributed by atoms with van der Waals surface area (Å²) >= 11 is 9.14. The molecule has 1 aromatic rings. The third kappa shape index (κ3) is 9.84. The normalized spacial score (nSPS) is 10.7. The van der Waals surface area contributed by atoms with E-state index in [2.05, 4.69) is 37.3 Å². The van der Waals surface area contributed by atoms with E-state index in [0.717, 1.165) is 15.7 Å². The van der Waals surface area contributed by atoms with Crippen LogP contribution in [0.2, 0.25) is 0 Å². The minimum absolute atomic E-state index is 1.13. The third-order valence-electron chi connectivity index (χ3n) is 3.14. The molecule has 0 saturated heterocycles. The Morgan fingerprint density at radius 3 is 2.25 bits per heavy atom. The van der Waals surface area contributed by atoms with Crippen LogP contribution in [0, 0.1) is 0 Å². The molecular formula is C17H26S3. The molecule has 0 aromatic heterocycles. The molecule has 0 fully saturated rings. The Kier molecular flexibility index (Phi) is 11.5. The van der Waals surface area contributed by atoms with E-state index >= 15 is 0 Å². The zero-order valence-corrected chi connectivity index (χ0v) is 14.9. The van der Waals surface area contributed by atoms with Gasteiger partial charge in [-0.3, -0.25) is 0 Å². The van der Waals surface area contributed by atoms with Crippen LogP contribution < -0.4 is 0 Å². The predicted octanol–water partition coefficient (Wildman–Crippen LogP) is 6.34. The van der Waals surface area contributed by atoms with E-state index in [1.54, 1.807) is 0 Å². The Morgan fingerprint density at radius 2 is 1.55 bits per heavy atom. The van der Waals surface area contributed by atoms with Crippen molar-refractivity contribution >= 4 is 39.3 Å². The van der Waals surface area contributed by atoms with E-state index in [-0.39, 0.29) is 0 Å². The van der Waals surface area contributed by atoms with Gasteiger partial charge in [-0.2, -0.15) is 0 Å². The van der Waals surface area contributed by atoms with Crippen molar-refractivity contribution in [1.29, 1.82) is 0 Å². The highest BCUT2D eigenvalue weighted by Gasteiger charge is 2.00. The largest absolute Gasteiger partial charge is 0.108 e. The molecule has 0 aliphatic carbocycles. The number of benzene rings is 1. The number of rotatable bonds is 10. The van der Waals surface area contributed by atoms with Gasteiger partial charge in [0.25, 0.3) is 0 Å². The summed E-state index contributed by atoms with van der Waals surface area (Å²) in [6.07, 6.45) is 9.14. The Labute approximate surface area is 138 Å². The molecule has 20 heavy (non-hydrogen) atoms. The van der Waals surface area contributed by atoms with Gasteiger partial charge in [-0.05, 0) is 36.3 Å². The summed E-state index contributed by atoms with van der Waals surface area (Å²) in [5.41, 5.74) is 1.43. The highest BCUT2D eigenvalue weighted by Crippen LogP contribution is 2.20. The number of thioether (sulfide) groups is 2. The molecule has 1 rings (SSSR count). The standard InChI is InChI=1S/C17H26S3/c1-2-3-4-5-9-14-19-17(18)20-15-10-13-16-11-7-6-8-12-16/h6-8,11-12H,2-5,9-10,13-15H2,1H3. The van der Waals surface area contributed by atoms with E-state index in [9.17, 15) is 0 Å². The van der Waals surface area contributed by atoms with Crippen LogP contribution in [0.25, 0.3) is 0 Å². The summed E-state index contributed by atoms with van der Waals surface area (Å²) in [4.78, 5) is 0. The summed E-state index contributed by atoms with van der Waals surface area (Å²) in [7, 11) is 0. The molecule has 0 heterocycles. The van der Waals surface area contributed by atoms with Gasteiger partial charge in [0.05, 0.1) is 0 Å². The number of aryl methyl sites for hydroxylation is 1. The van der Waals surface area contributed by atoms with Gasteiger partial charge in [0.2, 0.25) is 0 Å². The van der Waals surface area contributed by atoms with Crippen molar-refractivity contribution in [2.45, 2.75) is 51.9 Å². The number of thiocarbonyl (C=S) groups is 1. The Balaban J connectivity index is 1.92. The molecule has 0 nitrogen and oxygen atoms in total. The second-order valence-corrected chi connectivity index (χ2v) is 8.34. The number of unbranched alkanes of at least 4 members (excludes halogenated alkanes) is 4. The lowest BCUT2D eigenvalue weighted by Crippen LogP contribution is -1.91. The van der Waals surface area contributed by atoms with Gasteiger partial charge in [0.15, 0.2) is 0 Å². The number of hydrogen-bond acceptors (Lipinski definition) is 3. The van der Waals surface area contributed by atoms with E-state index < -0.39 is 0 Å². The third-order valence-corrected chi connectivity index (χ3v) is 6.01. The van der Waals surface area contributed by atoms with Crippen molar-refractivity contribution in [3.05, 3.63) is 35.9 Å². The Hall–Kier alpha value is 0.01000. The molecule has 0 saturated carbocycles. The molecule has 0 bridgehead atoms. The van der Waals surface area contributed by atoms with Gasteiger partial charge >= 0.3 is 0 Å². The van der Waals surface area contributed by atoms with E-state index in [1.165, 1.54) is 49.8 Å². The van der Waals surface area contributed by atoms with Gasteiger partial charge in [0, 0.05) is 0 Å². The predicted molar refractivity (Wildman–Crippen MR) is 101 cm³/mol. The zero-order valence-electron chi connectivity index (χ0n) is 12.5. The van der Waals surface area contributed by atoms with E-state index in [0.29, 0.717) is 0 Å². The van der Waals surface area contributed by atoms with E-state index in [4.69, 9.17) is 12.2 Å². The molecule has 0 radical (unpaired) electrons. The molecule has 3 heteroatoms. The zero-order chi connectivity index (χ0) is 14.5. The SMILES string of the molecule is CCCCCCCSC(=S)SCCCc1ccccc1. The molecule has 0 unspecified atom stereocenters. The van der Waals surface area contributed by atoms with Crippen LogP contribution in [0.3, 0.4) is 0 Å². The quantitative estimate of drug-likeness (QED) is 0.363. The van der Waals surface area contributed by atoms with E-state index in [1.807, 2.05) is 23.5 Å². The highest BCUT2D eigenvalue weighted by atomic mass is 32.2. The summed E-state index contributed by atoms with van der Waals surface area (Å²) in [6.45, 7) is 2.26. The van der Waals surface area contributed by atoms with Crippen LogP contribution >= 0.6 is 35.7 Å². The van der Waals surface area contributed by atoms with Crippen LogP contribution in [-0.4, -0.2) is 15.0 Å². The maximum Gasteiger partial charge on any atom is 0.104 e. The van der Waals surface area contributed by atoms with Crippen molar-refractivity contribution in [3.63, 3.8) is 0 Å². The monoisotopic (exact) mass is 326 g/mol. The molecule has 0 atom stereocenters. The van der Waals surface area contributed by atoms with Crippen LogP contribution in [0.15, 0.2) is 30.3 Å². The molecule has 0 N–H and O–H groups in total. The van der Waals surface area contributed by atoms with Gasteiger partial charge in [-0.25, -0.2) is 0 Å². The van der Waals surface area contributed by atoms with Gasteiger partial charge in [-0.1, -0.05) is 75.2 Å². The summed E-state index contributed by atoms with van der Waals surface area (Å²) in [6, 6.07) is 10.7. The average molecular weight is 327 g/mol. The molecule has 0 spiro atoms. The van der Waals surface area contributed by atoms with Crippen LogP contribution in [0.5, 0.6) is 0 Å². The topological polar surface area (TPSA) is 0 Å². The fourth-order valence-corrected chi connectivity index (χ4v) is 4.28. The first-order chi connectivity index (χ1) is 9.83. The summed E-state index contributed by atoms with van der Waals surface area (Å²) in [5.74, 6) is 2.35. The van der Waals surface area contributed by atoms with Crippen molar-refractivity contribution in [1.82, 2.24) is 0 Å². The first-order valence-corrected chi connectivity index (χ1v) is 10.0. The molecular weight excluding hydrogens is 300 g/mol. The van der Waals surface area contributed by atoms with Crippen LogP contribution in [0.1, 0.15) is 51.0 Å². The minimum Gasteiger partial charge on any atom is -0.108 e. The molecule has 0 amide bonds. The first kappa shape index (κ1) is 18.1. The van der Waals surface area contributed by atoms with Gasteiger partial charge in [0.1, 0.15) is 3.53 Å². The van der Waals surface area contributed by atoms with Crippen molar-refractivity contribution < 1.29 is 0 Å². The fourth-order valence-electron chi connectivity index (χ4n) is 1.98. The first-order valence-electron chi connectivity index (χ1n) is 7.66. The summed E-state index contributed by atoms with van der Waals surface area (Å²) < 4.78 is 1.13. The second-order valence-electron chi connectivity index (χ2n) is 4.95. The lowest BCUT2D eigenvalue weighted by Gasteiger charge is -2.04. The molecule has 112 valence electrons. The van der Waals surface area contributed by atoms with Crippen molar-refractivity contribution in [2.75, 3.05) is 11.5 Å². The molecule has 1 aromatic carbocycles. The lowest BCUT2D eigenvalue weighted by atomic mass is 10.1. The van der Waals surface area contributed by atoms with Crippen molar-refractivity contribution in [3.8, 4) is 0 Å². The summed E-state index contributed by atoms with van der Waals surface area (Å²) in [5, 5.41) is 0. The fraction of sp³-hybridized carbons (Fsp3) is 0.588. The lowest BCUT2D eigenvalue weighted by molar-refractivity contribution is 0.660. The highest BCUT2D eigenvalue weighted by molar-refractivity contribution is 8.47. The number of hydrogen-bond donors (Lipinski definition) is 0. The maximum atomic E-state index is 5.41. The van der Waals surface area contributed by atoms with Crippen LogP contribution in [-0.2, 0) is 6.42 Å². The minimum atomic E-state index is 1.13. The molecule has 0 aliphatic heterocycles.